The number of carboxylic acids is 3. The molecular formula is C11H15N3O6. The highest BCUT2D eigenvalue weighted by Crippen LogP contribution is 2.12. The molecule has 0 aliphatic heterocycles. The van der Waals surface area contributed by atoms with Crippen LogP contribution in [0.15, 0.2) is 0 Å². The molecular weight excluding hydrogens is 270 g/mol. The van der Waals surface area contributed by atoms with Gasteiger partial charge in [0.1, 0.15) is 5.82 Å². The van der Waals surface area contributed by atoms with E-state index in [2.05, 4.69) is 15.2 Å². The molecule has 0 fully saturated rings. The normalized spacial score (nSPS) is 12.0. The average Bonchev–Trinajstić information content (AvgIpc) is 2.79. The van der Waals surface area contributed by atoms with Crippen LogP contribution in [-0.4, -0.2) is 48.4 Å². The number of rotatable bonds is 9. The minimum absolute atomic E-state index is 0.00414. The summed E-state index contributed by atoms with van der Waals surface area (Å²) >= 11 is 0. The molecule has 9 heteroatoms. The monoisotopic (exact) mass is 285 g/mol. The third kappa shape index (κ3) is 5.46. The van der Waals surface area contributed by atoms with Crippen LogP contribution in [-0.2, 0) is 27.2 Å². The van der Waals surface area contributed by atoms with E-state index in [4.69, 9.17) is 15.3 Å². The van der Waals surface area contributed by atoms with E-state index in [1.165, 1.54) is 0 Å². The molecule has 0 aliphatic rings. The van der Waals surface area contributed by atoms with Gasteiger partial charge in [-0.05, 0) is 6.42 Å². The molecule has 0 radical (unpaired) electrons. The lowest BCUT2D eigenvalue weighted by atomic mass is 9.99. The molecule has 0 spiro atoms. The highest BCUT2D eigenvalue weighted by atomic mass is 16.4. The molecule has 0 aromatic carbocycles. The van der Waals surface area contributed by atoms with Crippen molar-refractivity contribution in [1.82, 2.24) is 15.2 Å². The number of carbonyl (C=O) groups is 3. The zero-order chi connectivity index (χ0) is 15.1. The fourth-order valence-corrected chi connectivity index (χ4v) is 1.60. The molecule has 0 saturated carbocycles. The molecule has 1 atom stereocenters. The lowest BCUT2D eigenvalue weighted by Gasteiger charge is -2.08. The molecule has 9 nitrogen and oxygen atoms in total. The summed E-state index contributed by atoms with van der Waals surface area (Å²) in [7, 11) is 0. The van der Waals surface area contributed by atoms with Crippen LogP contribution in [0.2, 0.25) is 0 Å². The van der Waals surface area contributed by atoms with Gasteiger partial charge in [0.15, 0.2) is 5.82 Å². The molecule has 1 aromatic heterocycles. The Balaban J connectivity index is 2.57. The zero-order valence-corrected chi connectivity index (χ0v) is 10.6. The summed E-state index contributed by atoms with van der Waals surface area (Å²) in [5.74, 6) is -3.40. The Bertz CT molecular complexity index is 498. The molecule has 0 aliphatic carbocycles. The van der Waals surface area contributed by atoms with Crippen molar-refractivity contribution in [3.05, 3.63) is 11.6 Å². The molecule has 0 amide bonds. The first-order valence-electron chi connectivity index (χ1n) is 5.95. The maximum atomic E-state index is 11.0. The highest BCUT2D eigenvalue weighted by molar-refractivity contribution is 5.72. The number of nitrogens with one attached hydrogen (secondary N) is 1. The second kappa shape index (κ2) is 7.22. The molecule has 110 valence electrons. The molecule has 1 rings (SSSR count). The van der Waals surface area contributed by atoms with E-state index in [1.54, 1.807) is 0 Å². The van der Waals surface area contributed by atoms with Gasteiger partial charge >= 0.3 is 17.9 Å². The van der Waals surface area contributed by atoms with Gasteiger partial charge in [0.25, 0.3) is 0 Å². The fourth-order valence-electron chi connectivity index (χ4n) is 1.60. The van der Waals surface area contributed by atoms with Gasteiger partial charge in [-0.2, -0.15) is 5.10 Å². The summed E-state index contributed by atoms with van der Waals surface area (Å²) in [4.78, 5) is 35.8. The van der Waals surface area contributed by atoms with Crippen LogP contribution < -0.4 is 0 Å². The summed E-state index contributed by atoms with van der Waals surface area (Å²) in [6.45, 7) is 0. The van der Waals surface area contributed by atoms with Crippen molar-refractivity contribution in [2.45, 2.75) is 32.1 Å². The Hall–Kier alpha value is -2.45. The van der Waals surface area contributed by atoms with Crippen molar-refractivity contribution in [1.29, 1.82) is 0 Å². The standard InChI is InChI=1S/C11H15N3O6/c15-9(16)3-1-6(11(19)20)5-8-12-7(13-14-8)2-4-10(17)18/h6H,1-5H2,(H,15,16)(H,17,18)(H,19,20)(H,12,13,14). The van der Waals surface area contributed by atoms with Crippen LogP contribution in [0.5, 0.6) is 0 Å². The summed E-state index contributed by atoms with van der Waals surface area (Å²) in [6.07, 6.45) is -0.174. The maximum Gasteiger partial charge on any atom is 0.306 e. The van der Waals surface area contributed by atoms with Crippen molar-refractivity contribution in [3.63, 3.8) is 0 Å². The van der Waals surface area contributed by atoms with E-state index >= 15 is 0 Å². The van der Waals surface area contributed by atoms with Crippen molar-refractivity contribution < 1.29 is 29.7 Å². The number of aromatic nitrogens is 3. The van der Waals surface area contributed by atoms with Gasteiger partial charge < -0.3 is 15.3 Å². The lowest BCUT2D eigenvalue weighted by molar-refractivity contribution is -0.143. The van der Waals surface area contributed by atoms with E-state index in [1.807, 2.05) is 0 Å². The third-order valence-electron chi connectivity index (χ3n) is 2.64. The van der Waals surface area contributed by atoms with Crippen LogP contribution in [0.25, 0.3) is 0 Å². The number of nitrogens with zero attached hydrogens (tertiary/aromatic N) is 2. The van der Waals surface area contributed by atoms with Gasteiger partial charge in [0.2, 0.25) is 0 Å². The highest BCUT2D eigenvalue weighted by Gasteiger charge is 2.21. The predicted octanol–water partition coefficient (Wildman–Crippen LogP) is -0.0700. The summed E-state index contributed by atoms with van der Waals surface area (Å²) in [5.41, 5.74) is 0. The quantitative estimate of drug-likeness (QED) is 0.491. The smallest absolute Gasteiger partial charge is 0.306 e. The number of aliphatic carboxylic acids is 3. The largest absolute Gasteiger partial charge is 0.481 e. The summed E-state index contributed by atoms with van der Waals surface area (Å²) < 4.78 is 0. The van der Waals surface area contributed by atoms with Crippen LogP contribution in [0, 0.1) is 5.92 Å². The molecule has 4 N–H and O–H groups in total. The maximum absolute atomic E-state index is 11.0. The second-order valence-electron chi connectivity index (χ2n) is 4.26. The van der Waals surface area contributed by atoms with E-state index in [9.17, 15) is 14.4 Å². The molecule has 1 unspecified atom stereocenters. The Morgan fingerprint density at radius 3 is 2.30 bits per heavy atom. The number of aryl methyl sites for hydroxylation is 1. The SMILES string of the molecule is O=C(O)CCc1n[nH]c(CC(CCC(=O)O)C(=O)O)n1. The van der Waals surface area contributed by atoms with Gasteiger partial charge in [-0.15, -0.1) is 0 Å². The average molecular weight is 285 g/mol. The lowest BCUT2D eigenvalue weighted by Crippen LogP contribution is -2.18. The van der Waals surface area contributed by atoms with Crippen LogP contribution in [0.3, 0.4) is 0 Å². The van der Waals surface area contributed by atoms with E-state index < -0.39 is 23.8 Å². The van der Waals surface area contributed by atoms with Crippen molar-refractivity contribution >= 4 is 17.9 Å². The van der Waals surface area contributed by atoms with Gasteiger partial charge in [0, 0.05) is 19.3 Å². The van der Waals surface area contributed by atoms with Crippen molar-refractivity contribution in [3.8, 4) is 0 Å². The van der Waals surface area contributed by atoms with Crippen LogP contribution >= 0.6 is 0 Å². The number of H-pyrrole nitrogens is 1. The zero-order valence-electron chi connectivity index (χ0n) is 10.6. The van der Waals surface area contributed by atoms with E-state index in [-0.39, 0.29) is 32.1 Å². The van der Waals surface area contributed by atoms with Crippen LogP contribution in [0.4, 0.5) is 0 Å². The Labute approximate surface area is 113 Å². The number of hydrogen-bond donors (Lipinski definition) is 4. The minimum Gasteiger partial charge on any atom is -0.481 e. The van der Waals surface area contributed by atoms with Gasteiger partial charge in [-0.1, -0.05) is 0 Å². The van der Waals surface area contributed by atoms with Crippen LogP contribution in [0.1, 0.15) is 30.9 Å². The number of aromatic amines is 1. The Morgan fingerprint density at radius 2 is 1.75 bits per heavy atom. The van der Waals surface area contributed by atoms with Crippen molar-refractivity contribution in [2.75, 3.05) is 0 Å². The van der Waals surface area contributed by atoms with Gasteiger partial charge in [-0.25, -0.2) is 4.98 Å². The Morgan fingerprint density at radius 1 is 1.10 bits per heavy atom. The molecule has 0 bridgehead atoms. The fraction of sp³-hybridized carbons (Fsp3) is 0.545. The summed E-state index contributed by atoms with van der Waals surface area (Å²) in [6, 6.07) is 0. The Kier molecular flexibility index (Phi) is 5.63. The number of hydrogen-bond acceptors (Lipinski definition) is 5. The van der Waals surface area contributed by atoms with E-state index in [0.717, 1.165) is 0 Å². The molecule has 1 heterocycles. The first-order valence-corrected chi connectivity index (χ1v) is 5.95. The number of carboxylic acid groups (broad SMARTS) is 3. The minimum atomic E-state index is -1.10. The predicted molar refractivity (Wildman–Crippen MR) is 64.0 cm³/mol. The van der Waals surface area contributed by atoms with Gasteiger partial charge in [-0.3, -0.25) is 19.5 Å². The molecule has 20 heavy (non-hydrogen) atoms. The third-order valence-corrected chi connectivity index (χ3v) is 2.64. The van der Waals surface area contributed by atoms with E-state index in [0.29, 0.717) is 11.6 Å². The first kappa shape index (κ1) is 15.6. The molecule has 1 aromatic rings. The topological polar surface area (TPSA) is 153 Å². The molecule has 0 saturated heterocycles. The first-order chi connectivity index (χ1) is 9.38. The van der Waals surface area contributed by atoms with Gasteiger partial charge in [0.05, 0.1) is 12.3 Å². The van der Waals surface area contributed by atoms with Crippen molar-refractivity contribution in [2.24, 2.45) is 5.92 Å². The second-order valence-corrected chi connectivity index (χ2v) is 4.26. The summed E-state index contributed by atoms with van der Waals surface area (Å²) in [5, 5.41) is 32.4.